The van der Waals surface area contributed by atoms with Gasteiger partial charge in [0.15, 0.2) is 11.6 Å². The third-order valence-corrected chi connectivity index (χ3v) is 5.74. The van der Waals surface area contributed by atoms with E-state index in [4.69, 9.17) is 15.2 Å². The highest BCUT2D eigenvalue weighted by Gasteiger charge is 2.29. The number of rotatable bonds is 5. The summed E-state index contributed by atoms with van der Waals surface area (Å²) in [6.45, 7) is 3.44. The zero-order valence-electron chi connectivity index (χ0n) is 16.5. The van der Waals surface area contributed by atoms with Crippen LogP contribution < -0.4 is 15.4 Å². The largest absolute Gasteiger partial charge is 0.466 e. The van der Waals surface area contributed by atoms with Gasteiger partial charge in [0.2, 0.25) is 5.88 Å². The number of hydrogen-bond donors (Lipinski definition) is 1. The third-order valence-electron chi connectivity index (χ3n) is 5.05. The van der Waals surface area contributed by atoms with Gasteiger partial charge in [0.25, 0.3) is 0 Å². The molecule has 0 amide bonds. The van der Waals surface area contributed by atoms with Crippen molar-refractivity contribution in [2.75, 3.05) is 30.3 Å². The van der Waals surface area contributed by atoms with Gasteiger partial charge < -0.3 is 20.1 Å². The van der Waals surface area contributed by atoms with Crippen molar-refractivity contribution >= 4 is 44.3 Å². The summed E-state index contributed by atoms with van der Waals surface area (Å²) < 4.78 is 12.2. The maximum atomic E-state index is 12.2. The van der Waals surface area contributed by atoms with Crippen LogP contribution in [0.3, 0.4) is 0 Å². The molecule has 3 aromatic rings. The molecule has 2 N–H and O–H groups in total. The van der Waals surface area contributed by atoms with E-state index in [2.05, 4.69) is 30.9 Å². The molecule has 0 aliphatic carbocycles. The Hall–Kier alpha value is -2.94. The first-order chi connectivity index (χ1) is 14.6. The molecule has 1 aliphatic rings. The van der Waals surface area contributed by atoms with Crippen LogP contribution >= 0.6 is 15.9 Å². The van der Waals surface area contributed by atoms with E-state index in [0.717, 1.165) is 29.2 Å². The summed E-state index contributed by atoms with van der Waals surface area (Å²) in [7, 11) is 0. The zero-order valence-corrected chi connectivity index (χ0v) is 18.1. The van der Waals surface area contributed by atoms with E-state index in [1.807, 2.05) is 36.1 Å². The Morgan fingerprint density at radius 3 is 3.00 bits per heavy atom. The number of carbonyl (C=O) groups excluding carboxylic acids is 1. The molecule has 3 heterocycles. The number of halogens is 1. The molecule has 1 aliphatic heterocycles. The monoisotopic (exact) mass is 471 g/mol. The van der Waals surface area contributed by atoms with Crippen LogP contribution in [0.25, 0.3) is 10.9 Å². The number of aromatic nitrogens is 3. The molecular weight excluding hydrogens is 450 g/mol. The van der Waals surface area contributed by atoms with Crippen molar-refractivity contribution in [3.8, 4) is 11.6 Å². The van der Waals surface area contributed by atoms with Crippen LogP contribution in [-0.4, -0.2) is 40.6 Å². The highest BCUT2D eigenvalue weighted by Crippen LogP contribution is 2.37. The molecule has 0 radical (unpaired) electrons. The Morgan fingerprint density at radius 1 is 1.30 bits per heavy atom. The van der Waals surface area contributed by atoms with Crippen LogP contribution in [0.1, 0.15) is 19.8 Å². The normalized spacial score (nSPS) is 16.5. The van der Waals surface area contributed by atoms with E-state index in [-0.39, 0.29) is 17.8 Å². The van der Waals surface area contributed by atoms with Crippen LogP contribution in [0.5, 0.6) is 11.6 Å². The zero-order chi connectivity index (χ0) is 21.1. The lowest BCUT2D eigenvalue weighted by Gasteiger charge is -2.33. The fourth-order valence-corrected chi connectivity index (χ4v) is 4.08. The van der Waals surface area contributed by atoms with Crippen LogP contribution in [0, 0.1) is 5.92 Å². The summed E-state index contributed by atoms with van der Waals surface area (Å²) in [5, 5.41) is 0.927. The maximum Gasteiger partial charge on any atom is 0.310 e. The first kappa shape index (κ1) is 20.3. The Balaban J connectivity index is 1.61. The minimum atomic E-state index is -0.197. The summed E-state index contributed by atoms with van der Waals surface area (Å²) in [6, 6.07) is 7.53. The van der Waals surface area contributed by atoms with Gasteiger partial charge in [0, 0.05) is 29.1 Å². The quantitative estimate of drug-likeness (QED) is 0.557. The molecule has 1 saturated heterocycles. The second-order valence-corrected chi connectivity index (χ2v) is 7.85. The van der Waals surface area contributed by atoms with E-state index >= 15 is 0 Å². The van der Waals surface area contributed by atoms with Crippen molar-refractivity contribution in [2.45, 2.75) is 19.8 Å². The Bertz CT molecular complexity index is 1080. The lowest BCUT2D eigenvalue weighted by molar-refractivity contribution is -0.148. The van der Waals surface area contributed by atoms with Crippen molar-refractivity contribution < 1.29 is 14.3 Å². The number of esters is 1. The van der Waals surface area contributed by atoms with Crippen LogP contribution in [0.4, 0.5) is 11.5 Å². The van der Waals surface area contributed by atoms with Gasteiger partial charge in [0.05, 0.1) is 12.5 Å². The van der Waals surface area contributed by atoms with Gasteiger partial charge in [-0.3, -0.25) is 9.78 Å². The lowest BCUT2D eigenvalue weighted by Crippen LogP contribution is -2.40. The first-order valence-electron chi connectivity index (χ1n) is 9.81. The second-order valence-electron chi connectivity index (χ2n) is 7.00. The highest BCUT2D eigenvalue weighted by molar-refractivity contribution is 9.10. The number of nitrogens with zero attached hydrogens (tertiary/aromatic N) is 4. The third kappa shape index (κ3) is 4.02. The minimum absolute atomic E-state index is 0.182. The molecule has 30 heavy (non-hydrogen) atoms. The molecule has 1 atom stereocenters. The summed E-state index contributed by atoms with van der Waals surface area (Å²) in [5.74, 6) is 0.986. The molecule has 0 bridgehead atoms. The van der Waals surface area contributed by atoms with Gasteiger partial charge in [-0.25, -0.2) is 4.98 Å². The van der Waals surface area contributed by atoms with Crippen LogP contribution in [0.15, 0.2) is 41.3 Å². The topological polar surface area (TPSA) is 103 Å². The summed E-state index contributed by atoms with van der Waals surface area (Å²) in [4.78, 5) is 27.2. The van der Waals surface area contributed by atoms with Gasteiger partial charge in [-0.15, -0.1) is 0 Å². The molecule has 0 saturated carbocycles. The predicted octanol–water partition coefficient (Wildman–Crippen LogP) is 3.94. The van der Waals surface area contributed by atoms with Gasteiger partial charge in [0.1, 0.15) is 17.5 Å². The van der Waals surface area contributed by atoms with E-state index in [0.29, 0.717) is 35.9 Å². The molecular formula is C21H22BrN5O3. The first-order valence-corrected chi connectivity index (χ1v) is 10.6. The van der Waals surface area contributed by atoms with E-state index in [9.17, 15) is 4.79 Å². The van der Waals surface area contributed by atoms with Crippen molar-refractivity contribution in [1.29, 1.82) is 0 Å². The number of fused-ring (bicyclic) bond motifs is 1. The summed E-state index contributed by atoms with van der Waals surface area (Å²) >= 11 is 3.53. The molecule has 9 heteroatoms. The minimum Gasteiger partial charge on any atom is -0.466 e. The Morgan fingerprint density at radius 2 is 2.17 bits per heavy atom. The number of nitrogens with two attached hydrogens (primary N) is 1. The standard InChI is InChI=1S/C21H22BrN5O3/c1-2-29-21(28)13-5-4-10-27(11-13)19-17(23)20(26-12-25-19)30-16-8-7-15(22)14-6-3-9-24-18(14)16/h3,6-9,12-13H,2,4-5,10-11,23H2,1H3. The molecule has 8 nitrogen and oxygen atoms in total. The SMILES string of the molecule is CCOC(=O)C1CCCN(c2ncnc(Oc3ccc(Br)c4cccnc34)c2N)C1. The van der Waals surface area contributed by atoms with Gasteiger partial charge >= 0.3 is 5.97 Å². The van der Waals surface area contributed by atoms with E-state index < -0.39 is 0 Å². The number of ether oxygens (including phenoxy) is 2. The summed E-state index contributed by atoms with van der Waals surface area (Å²) in [5.41, 5.74) is 7.41. The Kier molecular flexibility index (Phi) is 5.98. The molecule has 4 rings (SSSR count). The molecule has 1 unspecified atom stereocenters. The van der Waals surface area contributed by atoms with Crippen molar-refractivity contribution in [2.24, 2.45) is 5.92 Å². The Labute approximate surface area is 182 Å². The fourth-order valence-electron chi connectivity index (χ4n) is 3.62. The molecule has 2 aromatic heterocycles. The molecule has 1 fully saturated rings. The smallest absolute Gasteiger partial charge is 0.310 e. The number of piperidine rings is 1. The van der Waals surface area contributed by atoms with Crippen molar-refractivity contribution in [1.82, 2.24) is 15.0 Å². The molecule has 1 aromatic carbocycles. The average Bonchev–Trinajstić information content (AvgIpc) is 2.77. The number of carbonyl (C=O) groups is 1. The van der Waals surface area contributed by atoms with Crippen LogP contribution in [0.2, 0.25) is 0 Å². The van der Waals surface area contributed by atoms with Crippen molar-refractivity contribution in [3.05, 3.63) is 41.3 Å². The number of nitrogen functional groups attached to an aromatic ring is 1. The predicted molar refractivity (Wildman–Crippen MR) is 118 cm³/mol. The molecule has 156 valence electrons. The van der Waals surface area contributed by atoms with E-state index in [1.54, 1.807) is 6.20 Å². The average molecular weight is 472 g/mol. The van der Waals surface area contributed by atoms with Crippen molar-refractivity contribution in [3.63, 3.8) is 0 Å². The van der Waals surface area contributed by atoms with E-state index in [1.165, 1.54) is 6.33 Å². The second kappa shape index (κ2) is 8.83. The number of pyridine rings is 1. The number of benzene rings is 1. The fraction of sp³-hybridized carbons (Fsp3) is 0.333. The van der Waals surface area contributed by atoms with Crippen LogP contribution in [-0.2, 0) is 9.53 Å². The van der Waals surface area contributed by atoms with Gasteiger partial charge in [-0.1, -0.05) is 22.0 Å². The number of hydrogen-bond acceptors (Lipinski definition) is 8. The summed E-state index contributed by atoms with van der Waals surface area (Å²) in [6.07, 6.45) is 4.77. The lowest BCUT2D eigenvalue weighted by atomic mass is 9.98. The number of anilines is 2. The maximum absolute atomic E-state index is 12.2. The highest BCUT2D eigenvalue weighted by atomic mass is 79.9. The van der Waals surface area contributed by atoms with Gasteiger partial charge in [-0.2, -0.15) is 4.98 Å². The molecule has 0 spiro atoms. The van der Waals surface area contributed by atoms with Gasteiger partial charge in [-0.05, 0) is 38.0 Å².